The van der Waals surface area contributed by atoms with E-state index in [1.165, 1.54) is 6.07 Å². The number of amides is 1. The topological polar surface area (TPSA) is 29.5 Å². The zero-order valence-electron chi connectivity index (χ0n) is 14.9. The average molecular weight is 376 g/mol. The Morgan fingerprint density at radius 2 is 2.08 bits per heavy atom. The van der Waals surface area contributed by atoms with E-state index in [2.05, 4.69) is 0 Å². The fourth-order valence-corrected chi connectivity index (χ4v) is 3.64. The molecule has 0 bridgehead atoms. The molecule has 1 aliphatic rings. The summed E-state index contributed by atoms with van der Waals surface area (Å²) >= 11 is 5.89. The van der Waals surface area contributed by atoms with Gasteiger partial charge in [0.25, 0.3) is 5.91 Å². The SMILES string of the molecule is COCCC1CCCN(C(=O)c2cccc(-c3ccc(F)c(Cl)c3)c2)C1. The van der Waals surface area contributed by atoms with Crippen LogP contribution in [0.5, 0.6) is 0 Å². The summed E-state index contributed by atoms with van der Waals surface area (Å²) < 4.78 is 18.6. The summed E-state index contributed by atoms with van der Waals surface area (Å²) in [6, 6.07) is 12.0. The second-order valence-corrected chi connectivity index (χ2v) is 7.16. The van der Waals surface area contributed by atoms with E-state index in [0.717, 1.165) is 50.1 Å². The highest BCUT2D eigenvalue weighted by Gasteiger charge is 2.24. The number of carbonyl (C=O) groups is 1. The van der Waals surface area contributed by atoms with Crippen LogP contribution in [0, 0.1) is 11.7 Å². The van der Waals surface area contributed by atoms with Gasteiger partial charge < -0.3 is 9.64 Å². The number of likely N-dealkylation sites (tertiary alicyclic amines) is 1. The van der Waals surface area contributed by atoms with Crippen LogP contribution >= 0.6 is 11.6 Å². The molecule has 1 amide bonds. The molecule has 5 heteroatoms. The van der Waals surface area contributed by atoms with E-state index in [9.17, 15) is 9.18 Å². The van der Waals surface area contributed by atoms with E-state index in [-0.39, 0.29) is 10.9 Å². The van der Waals surface area contributed by atoms with Crippen LogP contribution in [0.2, 0.25) is 5.02 Å². The van der Waals surface area contributed by atoms with Gasteiger partial charge in [-0.15, -0.1) is 0 Å². The summed E-state index contributed by atoms with van der Waals surface area (Å²) in [6.45, 7) is 2.29. The first-order valence-electron chi connectivity index (χ1n) is 8.92. The number of benzene rings is 2. The van der Waals surface area contributed by atoms with Crippen molar-refractivity contribution in [1.82, 2.24) is 4.90 Å². The third kappa shape index (κ3) is 4.43. The molecule has 1 heterocycles. The molecule has 0 spiro atoms. The van der Waals surface area contributed by atoms with Gasteiger partial charge in [0.2, 0.25) is 0 Å². The molecule has 0 aromatic heterocycles. The highest BCUT2D eigenvalue weighted by molar-refractivity contribution is 6.31. The van der Waals surface area contributed by atoms with Crippen LogP contribution in [0.4, 0.5) is 4.39 Å². The Bertz CT molecular complexity index is 780. The second kappa shape index (κ2) is 8.65. The lowest BCUT2D eigenvalue weighted by molar-refractivity contribution is 0.0642. The van der Waals surface area contributed by atoms with Crippen molar-refractivity contribution >= 4 is 17.5 Å². The molecule has 0 radical (unpaired) electrons. The van der Waals surface area contributed by atoms with Crippen molar-refractivity contribution in [1.29, 1.82) is 0 Å². The largest absolute Gasteiger partial charge is 0.385 e. The van der Waals surface area contributed by atoms with Gasteiger partial charge in [-0.3, -0.25) is 4.79 Å². The summed E-state index contributed by atoms with van der Waals surface area (Å²) in [5, 5.41) is 0.0799. The van der Waals surface area contributed by atoms with E-state index in [0.29, 0.717) is 11.5 Å². The first kappa shape index (κ1) is 18.9. The highest BCUT2D eigenvalue weighted by atomic mass is 35.5. The van der Waals surface area contributed by atoms with Crippen LogP contribution in [-0.2, 0) is 4.74 Å². The van der Waals surface area contributed by atoms with Gasteiger partial charge in [0.1, 0.15) is 5.82 Å². The van der Waals surface area contributed by atoms with E-state index in [4.69, 9.17) is 16.3 Å². The van der Waals surface area contributed by atoms with E-state index < -0.39 is 5.82 Å². The number of carbonyl (C=O) groups excluding carboxylic acids is 1. The number of nitrogens with zero attached hydrogens (tertiary/aromatic N) is 1. The lowest BCUT2D eigenvalue weighted by atomic mass is 9.94. The maximum absolute atomic E-state index is 13.4. The van der Waals surface area contributed by atoms with Gasteiger partial charge >= 0.3 is 0 Å². The smallest absolute Gasteiger partial charge is 0.253 e. The lowest BCUT2D eigenvalue weighted by Crippen LogP contribution is -2.40. The van der Waals surface area contributed by atoms with E-state index in [1.54, 1.807) is 19.2 Å². The molecule has 0 N–H and O–H groups in total. The lowest BCUT2D eigenvalue weighted by Gasteiger charge is -2.33. The Labute approximate surface area is 158 Å². The van der Waals surface area contributed by atoms with E-state index in [1.807, 2.05) is 29.2 Å². The summed E-state index contributed by atoms with van der Waals surface area (Å²) in [7, 11) is 1.71. The first-order chi connectivity index (χ1) is 12.6. The molecule has 2 aromatic carbocycles. The van der Waals surface area contributed by atoms with E-state index >= 15 is 0 Å². The van der Waals surface area contributed by atoms with Crippen LogP contribution in [0.25, 0.3) is 11.1 Å². The molecule has 26 heavy (non-hydrogen) atoms. The number of hydrogen-bond acceptors (Lipinski definition) is 2. The number of methoxy groups -OCH3 is 1. The Balaban J connectivity index is 1.76. The first-order valence-corrected chi connectivity index (χ1v) is 9.30. The average Bonchev–Trinajstić information content (AvgIpc) is 2.68. The fourth-order valence-electron chi connectivity index (χ4n) is 3.46. The summed E-state index contributed by atoms with van der Waals surface area (Å²) in [6.07, 6.45) is 3.14. The van der Waals surface area contributed by atoms with Crippen LogP contribution in [0.15, 0.2) is 42.5 Å². The Hall–Kier alpha value is -1.91. The van der Waals surface area contributed by atoms with Crippen LogP contribution in [0.3, 0.4) is 0 Å². The van der Waals surface area contributed by atoms with Crippen molar-refractivity contribution in [3.05, 3.63) is 58.9 Å². The molecule has 1 aliphatic heterocycles. The molecule has 3 nitrogen and oxygen atoms in total. The summed E-state index contributed by atoms with van der Waals surface area (Å²) in [5.74, 6) is 0.0898. The van der Waals surface area contributed by atoms with Crippen molar-refractivity contribution in [3.63, 3.8) is 0 Å². The van der Waals surface area contributed by atoms with Gasteiger partial charge in [0, 0.05) is 32.4 Å². The Morgan fingerprint density at radius 3 is 2.85 bits per heavy atom. The van der Waals surface area contributed by atoms with Gasteiger partial charge in [-0.05, 0) is 60.6 Å². The number of hydrogen-bond donors (Lipinski definition) is 0. The maximum atomic E-state index is 13.4. The minimum absolute atomic E-state index is 0.0437. The van der Waals surface area contributed by atoms with Gasteiger partial charge in [-0.1, -0.05) is 29.8 Å². The van der Waals surface area contributed by atoms with Crippen molar-refractivity contribution < 1.29 is 13.9 Å². The number of halogens is 2. The van der Waals surface area contributed by atoms with Crippen LogP contribution in [-0.4, -0.2) is 37.6 Å². The van der Waals surface area contributed by atoms with Crippen LogP contribution < -0.4 is 0 Å². The second-order valence-electron chi connectivity index (χ2n) is 6.75. The molecular formula is C21H23ClFNO2. The third-order valence-electron chi connectivity index (χ3n) is 4.90. The molecule has 1 saturated heterocycles. The Kier molecular flexibility index (Phi) is 6.28. The monoisotopic (exact) mass is 375 g/mol. The highest BCUT2D eigenvalue weighted by Crippen LogP contribution is 2.27. The van der Waals surface area contributed by atoms with Gasteiger partial charge in [-0.25, -0.2) is 4.39 Å². The van der Waals surface area contributed by atoms with Gasteiger partial charge in [0.15, 0.2) is 0 Å². The number of piperidine rings is 1. The number of ether oxygens (including phenoxy) is 1. The van der Waals surface area contributed by atoms with Gasteiger partial charge in [-0.2, -0.15) is 0 Å². The molecule has 1 atom stereocenters. The minimum Gasteiger partial charge on any atom is -0.385 e. The zero-order chi connectivity index (χ0) is 18.5. The molecular weight excluding hydrogens is 353 g/mol. The molecule has 2 aromatic rings. The fraction of sp³-hybridized carbons (Fsp3) is 0.381. The maximum Gasteiger partial charge on any atom is 0.253 e. The van der Waals surface area contributed by atoms with Crippen LogP contribution in [0.1, 0.15) is 29.6 Å². The molecule has 1 fully saturated rings. The quantitative estimate of drug-likeness (QED) is 0.733. The molecule has 0 saturated carbocycles. The van der Waals surface area contributed by atoms with Crippen molar-refractivity contribution in [2.24, 2.45) is 5.92 Å². The predicted octanol–water partition coefficient (Wildman–Crippen LogP) is 5.03. The standard InChI is InChI=1S/C21H23ClFNO2/c1-26-11-9-15-4-3-10-24(14-15)21(25)18-6-2-5-16(12-18)17-7-8-20(23)19(22)13-17/h2,5-8,12-13,15H,3-4,9-11,14H2,1H3. The molecule has 1 unspecified atom stereocenters. The van der Waals surface area contributed by atoms with Crippen molar-refractivity contribution in [3.8, 4) is 11.1 Å². The summed E-state index contributed by atoms with van der Waals surface area (Å²) in [4.78, 5) is 14.9. The number of rotatable bonds is 5. The molecule has 138 valence electrons. The normalized spacial score (nSPS) is 17.3. The Morgan fingerprint density at radius 1 is 1.27 bits per heavy atom. The van der Waals surface area contributed by atoms with Crippen molar-refractivity contribution in [2.75, 3.05) is 26.8 Å². The molecule has 0 aliphatic carbocycles. The molecule has 3 rings (SSSR count). The third-order valence-corrected chi connectivity index (χ3v) is 5.19. The minimum atomic E-state index is -0.446. The van der Waals surface area contributed by atoms with Gasteiger partial charge in [0.05, 0.1) is 5.02 Å². The van der Waals surface area contributed by atoms with Crippen molar-refractivity contribution in [2.45, 2.75) is 19.3 Å². The summed E-state index contributed by atoms with van der Waals surface area (Å²) in [5.41, 5.74) is 2.30. The zero-order valence-corrected chi connectivity index (χ0v) is 15.6. The predicted molar refractivity (Wildman–Crippen MR) is 102 cm³/mol.